The fourth-order valence-electron chi connectivity index (χ4n) is 4.10. The van der Waals surface area contributed by atoms with Crippen LogP contribution in [0.2, 0.25) is 0 Å². The molecule has 12 nitrogen and oxygen atoms in total. The van der Waals surface area contributed by atoms with E-state index in [9.17, 15) is 4.79 Å². The molecule has 13 heteroatoms. The third-order valence-electron chi connectivity index (χ3n) is 6.69. The first-order chi connectivity index (χ1) is 18.3. The largest absolute Gasteiger partial charge is 0.378 e. The summed E-state index contributed by atoms with van der Waals surface area (Å²) in [5, 5.41) is 11.9. The minimum absolute atomic E-state index is 0.166. The average Bonchev–Trinajstić information content (AvgIpc) is 3.42. The molecule has 0 bridgehead atoms. The molecule has 198 valence electrons. The molecule has 0 aromatic carbocycles. The minimum Gasteiger partial charge on any atom is -0.378 e. The van der Waals surface area contributed by atoms with Crippen molar-refractivity contribution in [3.63, 3.8) is 0 Å². The van der Waals surface area contributed by atoms with Crippen LogP contribution in [0, 0.1) is 0 Å². The van der Waals surface area contributed by atoms with Crippen molar-refractivity contribution >= 4 is 45.0 Å². The zero-order valence-electron chi connectivity index (χ0n) is 21.6. The van der Waals surface area contributed by atoms with Gasteiger partial charge in [-0.05, 0) is 32.0 Å². The Labute approximate surface area is 223 Å². The summed E-state index contributed by atoms with van der Waals surface area (Å²) in [5.74, 6) is 2.06. The Bertz CT molecular complexity index is 1440. The third kappa shape index (κ3) is 4.83. The normalized spacial score (nSPS) is 14.0. The molecule has 1 saturated heterocycles. The number of carbonyl (C=O) groups is 1. The average molecular weight is 536 g/mol. The lowest BCUT2D eigenvalue weighted by atomic mass is 10.0. The van der Waals surface area contributed by atoms with E-state index in [0.717, 1.165) is 45.4 Å². The highest BCUT2D eigenvalue weighted by atomic mass is 32.1. The number of anilines is 3. The van der Waals surface area contributed by atoms with Crippen LogP contribution < -0.4 is 20.6 Å². The number of morpholine rings is 1. The van der Waals surface area contributed by atoms with Gasteiger partial charge in [0.05, 0.1) is 34.5 Å². The first kappa shape index (κ1) is 25.7. The molecule has 5 heterocycles. The summed E-state index contributed by atoms with van der Waals surface area (Å²) >= 11 is 1.64. The van der Waals surface area contributed by atoms with E-state index < -0.39 is 11.4 Å². The summed E-state index contributed by atoms with van der Waals surface area (Å²) < 4.78 is 6.59. The number of fused-ring (bicyclic) bond motifs is 1. The molecule has 0 spiro atoms. The molecule has 0 unspecified atom stereocenters. The quantitative estimate of drug-likeness (QED) is 0.237. The molecule has 5 rings (SSSR count). The monoisotopic (exact) mass is 535 g/mol. The molecule has 1 amide bonds. The van der Waals surface area contributed by atoms with Crippen molar-refractivity contribution in [3.8, 4) is 11.4 Å². The number of nitrogens with one attached hydrogen (secondary N) is 2. The predicted octanol–water partition coefficient (Wildman–Crippen LogP) is 2.91. The highest BCUT2D eigenvalue weighted by molar-refractivity contribution is 7.19. The Hall–Kier alpha value is -3.94. The number of hydrogen-bond acceptors (Lipinski definition) is 12. The van der Waals surface area contributed by atoms with E-state index in [-0.39, 0.29) is 5.56 Å². The topological polar surface area (TPSA) is 142 Å². The van der Waals surface area contributed by atoms with Gasteiger partial charge in [0.2, 0.25) is 5.95 Å². The second kappa shape index (κ2) is 10.4. The molecule has 0 radical (unpaired) electrons. The van der Waals surface area contributed by atoms with Crippen molar-refractivity contribution in [2.45, 2.75) is 19.4 Å². The molecule has 4 aromatic heterocycles. The van der Waals surface area contributed by atoms with E-state index in [1.54, 1.807) is 23.0 Å². The summed E-state index contributed by atoms with van der Waals surface area (Å²) in [7, 11) is 3.73. The van der Waals surface area contributed by atoms with Crippen LogP contribution in [0.1, 0.15) is 29.1 Å². The van der Waals surface area contributed by atoms with E-state index in [0.29, 0.717) is 25.0 Å². The van der Waals surface area contributed by atoms with Crippen molar-refractivity contribution in [3.05, 3.63) is 47.2 Å². The molecule has 0 saturated carbocycles. The van der Waals surface area contributed by atoms with Crippen LogP contribution in [0.15, 0.2) is 36.8 Å². The lowest BCUT2D eigenvalue weighted by Gasteiger charge is -2.34. The van der Waals surface area contributed by atoms with Crippen LogP contribution in [0.3, 0.4) is 0 Å². The predicted molar refractivity (Wildman–Crippen MR) is 146 cm³/mol. The number of thiophene rings is 1. The Morgan fingerprint density at radius 3 is 2.50 bits per heavy atom. The number of aromatic nitrogens is 5. The summed E-state index contributed by atoms with van der Waals surface area (Å²) in [5.41, 5.74) is 2.94. The van der Waals surface area contributed by atoms with Crippen molar-refractivity contribution in [1.82, 2.24) is 30.4 Å². The van der Waals surface area contributed by atoms with Crippen molar-refractivity contribution in [2.24, 2.45) is 0 Å². The molecule has 1 fully saturated rings. The molecule has 0 aliphatic carbocycles. The van der Waals surface area contributed by atoms with Gasteiger partial charge < -0.3 is 19.9 Å². The highest BCUT2D eigenvalue weighted by Crippen LogP contribution is 2.41. The van der Waals surface area contributed by atoms with Crippen LogP contribution in [0.25, 0.3) is 21.6 Å². The van der Waals surface area contributed by atoms with E-state index in [1.807, 2.05) is 31.1 Å². The maximum absolute atomic E-state index is 11.7. The van der Waals surface area contributed by atoms with Crippen LogP contribution in [0.5, 0.6) is 0 Å². The zero-order chi connectivity index (χ0) is 26.9. The number of carbonyl (C=O) groups excluding carboxylic acids is 1. The van der Waals surface area contributed by atoms with Gasteiger partial charge in [-0.2, -0.15) is 0 Å². The van der Waals surface area contributed by atoms with Crippen LogP contribution >= 0.6 is 11.3 Å². The van der Waals surface area contributed by atoms with Gasteiger partial charge in [0, 0.05) is 56.2 Å². The van der Waals surface area contributed by atoms with Crippen molar-refractivity contribution < 1.29 is 14.7 Å². The number of nitrogens with zero attached hydrogens (tertiary/aromatic N) is 7. The van der Waals surface area contributed by atoms with Gasteiger partial charge in [-0.3, -0.25) is 10.0 Å². The Morgan fingerprint density at radius 2 is 1.87 bits per heavy atom. The smallest absolute Gasteiger partial charge is 0.277 e. The number of hydrogen-bond donors (Lipinski definition) is 3. The molecule has 3 N–H and O–H groups in total. The van der Waals surface area contributed by atoms with Gasteiger partial charge in [-0.25, -0.2) is 30.4 Å². The zero-order valence-corrected chi connectivity index (χ0v) is 22.4. The molecule has 1 aliphatic rings. The number of hydroxylamine groups is 1. The van der Waals surface area contributed by atoms with Crippen molar-refractivity contribution in [2.75, 3.05) is 55.5 Å². The Kier molecular flexibility index (Phi) is 7.06. The maximum atomic E-state index is 11.7. The fraction of sp³-hybridized carbons (Fsp3) is 0.360. The van der Waals surface area contributed by atoms with Gasteiger partial charge in [0.1, 0.15) is 5.82 Å². The minimum atomic E-state index is -0.663. The fourth-order valence-corrected chi connectivity index (χ4v) is 5.35. The molecule has 4 aromatic rings. The first-order valence-corrected chi connectivity index (χ1v) is 12.9. The highest BCUT2D eigenvalue weighted by Gasteiger charge is 2.32. The molecule has 38 heavy (non-hydrogen) atoms. The van der Waals surface area contributed by atoms with Crippen LogP contribution in [0.4, 0.5) is 17.6 Å². The molecule has 0 atom stereocenters. The standard InChI is InChI=1S/C25H29N9O3S/c1-25(2,33(4)24-28-13-16(14-29-24)23(35)32-36)18-11-17-20(38-18)22(34-7-9-37-10-8-34)31-21(30-17)15-5-6-19(26-3)27-12-15/h5-6,11-14,36H,7-10H2,1-4H3,(H,26,27)(H,32,35). The van der Waals surface area contributed by atoms with Gasteiger partial charge in [-0.1, -0.05) is 0 Å². The Morgan fingerprint density at radius 1 is 1.13 bits per heavy atom. The maximum Gasteiger partial charge on any atom is 0.277 e. The van der Waals surface area contributed by atoms with Gasteiger partial charge >= 0.3 is 0 Å². The van der Waals surface area contributed by atoms with E-state index in [1.165, 1.54) is 12.4 Å². The van der Waals surface area contributed by atoms with Crippen LogP contribution in [-0.2, 0) is 10.3 Å². The summed E-state index contributed by atoms with van der Waals surface area (Å²) in [6, 6.07) is 5.96. The van der Waals surface area contributed by atoms with Gasteiger partial charge in [-0.15, -0.1) is 11.3 Å². The number of ether oxygens (including phenoxy) is 1. The second-order valence-corrected chi connectivity index (χ2v) is 10.4. The van der Waals surface area contributed by atoms with E-state index in [4.69, 9.17) is 19.9 Å². The molecule has 1 aliphatic heterocycles. The number of amides is 1. The van der Waals surface area contributed by atoms with Gasteiger partial charge in [0.15, 0.2) is 11.6 Å². The lowest BCUT2D eigenvalue weighted by Crippen LogP contribution is -2.39. The van der Waals surface area contributed by atoms with E-state index >= 15 is 0 Å². The summed E-state index contributed by atoms with van der Waals surface area (Å²) in [6.07, 6.45) is 4.54. The summed E-state index contributed by atoms with van der Waals surface area (Å²) in [4.78, 5) is 39.9. The summed E-state index contributed by atoms with van der Waals surface area (Å²) in [6.45, 7) is 6.96. The molecular weight excluding hydrogens is 506 g/mol. The first-order valence-electron chi connectivity index (χ1n) is 12.1. The van der Waals surface area contributed by atoms with Crippen LogP contribution in [-0.4, -0.2) is 76.4 Å². The number of rotatable bonds is 7. The van der Waals surface area contributed by atoms with Crippen molar-refractivity contribution in [1.29, 1.82) is 0 Å². The third-order valence-corrected chi connectivity index (χ3v) is 8.12. The van der Waals surface area contributed by atoms with Gasteiger partial charge in [0.25, 0.3) is 5.91 Å². The van der Waals surface area contributed by atoms with E-state index in [2.05, 4.69) is 45.1 Å². The second-order valence-electron chi connectivity index (χ2n) is 9.31. The Balaban J connectivity index is 1.55. The lowest BCUT2D eigenvalue weighted by molar-refractivity contribution is 0.0705. The SMILES string of the molecule is CNc1ccc(-c2nc(N3CCOCC3)c3sc(C(C)(C)N(C)c4ncc(C(=O)NO)cn4)cc3n2)cn1. The molecular formula is C25H29N9O3S. The number of pyridine rings is 1.